The summed E-state index contributed by atoms with van der Waals surface area (Å²) in [7, 11) is 0. The van der Waals surface area contributed by atoms with Crippen molar-refractivity contribution in [2.24, 2.45) is 5.73 Å². The van der Waals surface area contributed by atoms with E-state index in [1.165, 1.54) is 0 Å². The Labute approximate surface area is 117 Å². The summed E-state index contributed by atoms with van der Waals surface area (Å²) in [5, 5.41) is 17.6. The minimum atomic E-state index is -1.82. The molecule has 0 heterocycles. The first-order valence-electron chi connectivity index (χ1n) is 6.22. The summed E-state index contributed by atoms with van der Waals surface area (Å²) >= 11 is 0. The lowest BCUT2D eigenvalue weighted by Gasteiger charge is -2.21. The van der Waals surface area contributed by atoms with Crippen LogP contribution < -0.4 is 11.1 Å². The topological polar surface area (TPSA) is 139 Å². The van der Waals surface area contributed by atoms with E-state index in [2.05, 4.69) is 5.32 Å². The van der Waals surface area contributed by atoms with Gasteiger partial charge in [-0.1, -0.05) is 0 Å². The zero-order valence-corrected chi connectivity index (χ0v) is 11.9. The van der Waals surface area contributed by atoms with Crippen molar-refractivity contribution < 1.29 is 29.3 Å². The van der Waals surface area contributed by atoms with Gasteiger partial charge in [-0.2, -0.15) is 0 Å². The third-order valence-electron chi connectivity index (χ3n) is 2.38. The number of aliphatic carboxylic acids is 2. The molecule has 8 nitrogen and oxygen atoms in total. The molecule has 2 atom stereocenters. The van der Waals surface area contributed by atoms with Crippen LogP contribution >= 0.6 is 0 Å². The zero-order valence-electron chi connectivity index (χ0n) is 11.9. The highest BCUT2D eigenvalue weighted by Crippen LogP contribution is 2.17. The molecule has 0 bridgehead atoms. The molecule has 8 heteroatoms. The van der Waals surface area contributed by atoms with E-state index in [1.54, 1.807) is 0 Å². The van der Waals surface area contributed by atoms with Crippen LogP contribution in [0, 0.1) is 0 Å². The van der Waals surface area contributed by atoms with Gasteiger partial charge in [0, 0.05) is 12.1 Å². The van der Waals surface area contributed by atoms with Gasteiger partial charge in [0.25, 0.3) is 0 Å². The second-order valence-electron chi connectivity index (χ2n) is 5.53. The number of amides is 1. The number of hydrogen-bond donors (Lipinski definition) is 4. The van der Waals surface area contributed by atoms with Crippen LogP contribution in [0.4, 0.5) is 4.79 Å². The highest BCUT2D eigenvalue weighted by molar-refractivity contribution is 6.27. The van der Waals surface area contributed by atoms with Crippen molar-refractivity contribution >= 4 is 18.0 Å². The number of carboxylic acids is 2. The van der Waals surface area contributed by atoms with Crippen LogP contribution in [0.2, 0.25) is 0 Å². The summed E-state index contributed by atoms with van der Waals surface area (Å²) in [6.45, 7) is 5.56. The molecule has 116 valence electrons. The number of carbonyl (C=O) groups excluding carboxylic acids is 1. The summed E-state index contributed by atoms with van der Waals surface area (Å²) in [5.41, 5.74) is 5.31. The summed E-state index contributed by atoms with van der Waals surface area (Å²) in [6, 6.07) is 0.426. The van der Waals surface area contributed by atoms with Crippen LogP contribution in [-0.2, 0) is 14.3 Å². The van der Waals surface area contributed by atoms with E-state index in [-0.39, 0.29) is 18.2 Å². The van der Waals surface area contributed by atoms with Crippen LogP contribution in [0.1, 0.15) is 40.0 Å². The lowest BCUT2D eigenvalue weighted by atomic mass is 10.2. The maximum absolute atomic E-state index is 11.3. The molecule has 0 spiro atoms. The Kier molecular flexibility index (Phi) is 6.98. The third-order valence-corrected chi connectivity index (χ3v) is 2.38. The van der Waals surface area contributed by atoms with Crippen molar-refractivity contribution in [2.45, 2.75) is 57.7 Å². The van der Waals surface area contributed by atoms with Gasteiger partial charge in [0.05, 0.1) is 0 Å². The van der Waals surface area contributed by atoms with Crippen molar-refractivity contribution in [3.05, 3.63) is 0 Å². The summed E-state index contributed by atoms with van der Waals surface area (Å²) in [5.74, 6) is -3.65. The van der Waals surface area contributed by atoms with Crippen LogP contribution in [-0.4, -0.2) is 45.9 Å². The van der Waals surface area contributed by atoms with E-state index < -0.39 is 17.5 Å². The molecule has 1 aliphatic rings. The molecule has 0 unspecified atom stereocenters. The lowest BCUT2D eigenvalue weighted by Crippen LogP contribution is -2.38. The summed E-state index contributed by atoms with van der Waals surface area (Å²) < 4.78 is 5.14. The number of ether oxygens (including phenoxy) is 1. The van der Waals surface area contributed by atoms with Gasteiger partial charge in [0.15, 0.2) is 0 Å². The smallest absolute Gasteiger partial charge is 0.414 e. The van der Waals surface area contributed by atoms with Crippen molar-refractivity contribution in [2.75, 3.05) is 0 Å². The molecular weight excluding hydrogens is 268 g/mol. The Morgan fingerprint density at radius 3 is 1.95 bits per heavy atom. The van der Waals surface area contributed by atoms with Crippen molar-refractivity contribution in [1.29, 1.82) is 0 Å². The fourth-order valence-electron chi connectivity index (χ4n) is 1.62. The molecule has 20 heavy (non-hydrogen) atoms. The van der Waals surface area contributed by atoms with Gasteiger partial charge in [-0.3, -0.25) is 0 Å². The number of nitrogens with two attached hydrogens (primary N) is 1. The molecule has 0 aromatic carbocycles. The Bertz CT molecular complexity index is 351. The number of hydrogen-bond acceptors (Lipinski definition) is 5. The molecule has 1 rings (SSSR count). The van der Waals surface area contributed by atoms with E-state index in [0.29, 0.717) is 0 Å². The maximum atomic E-state index is 11.3. The van der Waals surface area contributed by atoms with Gasteiger partial charge >= 0.3 is 18.0 Å². The van der Waals surface area contributed by atoms with E-state index in [4.69, 9.17) is 30.3 Å². The normalized spacial score (nSPS) is 21.4. The first-order valence-corrected chi connectivity index (χ1v) is 6.22. The molecule has 1 aliphatic carbocycles. The highest BCUT2D eigenvalue weighted by atomic mass is 16.6. The Hall–Kier alpha value is -1.83. The molecule has 0 aromatic rings. The van der Waals surface area contributed by atoms with Crippen LogP contribution in [0.5, 0.6) is 0 Å². The Balaban J connectivity index is 0.000000511. The minimum absolute atomic E-state index is 0.194. The maximum Gasteiger partial charge on any atom is 0.414 e. The van der Waals surface area contributed by atoms with E-state index >= 15 is 0 Å². The summed E-state index contributed by atoms with van der Waals surface area (Å²) in [6.07, 6.45) is 2.47. The molecule has 0 aromatic heterocycles. The molecule has 0 aliphatic heterocycles. The Morgan fingerprint density at radius 1 is 1.15 bits per heavy atom. The van der Waals surface area contributed by atoms with Crippen molar-refractivity contribution in [1.82, 2.24) is 5.32 Å². The van der Waals surface area contributed by atoms with Crippen molar-refractivity contribution in [3.8, 4) is 0 Å². The van der Waals surface area contributed by atoms with Crippen LogP contribution in [0.3, 0.4) is 0 Å². The van der Waals surface area contributed by atoms with E-state index in [9.17, 15) is 4.79 Å². The molecule has 0 radical (unpaired) electrons. The fraction of sp³-hybridized carbons (Fsp3) is 0.750. The molecular formula is C12H22N2O6. The van der Waals surface area contributed by atoms with Crippen LogP contribution in [0.25, 0.3) is 0 Å². The van der Waals surface area contributed by atoms with Gasteiger partial charge in [0.2, 0.25) is 0 Å². The molecule has 1 saturated carbocycles. The Morgan fingerprint density at radius 2 is 1.65 bits per heavy atom. The van der Waals surface area contributed by atoms with Gasteiger partial charge in [-0.15, -0.1) is 0 Å². The minimum Gasteiger partial charge on any atom is -0.473 e. The SMILES string of the molecule is CC(C)(C)OC(=O)N[C@H]1CC[C@H](N)C1.O=C(O)C(=O)O. The number of nitrogens with one attached hydrogen (secondary N) is 1. The highest BCUT2D eigenvalue weighted by Gasteiger charge is 2.25. The largest absolute Gasteiger partial charge is 0.473 e. The van der Waals surface area contributed by atoms with Gasteiger partial charge in [0.1, 0.15) is 5.60 Å². The molecule has 5 N–H and O–H groups in total. The van der Waals surface area contributed by atoms with E-state index in [0.717, 1.165) is 19.3 Å². The second kappa shape index (κ2) is 7.68. The fourth-order valence-corrected chi connectivity index (χ4v) is 1.62. The quantitative estimate of drug-likeness (QED) is 0.517. The predicted molar refractivity (Wildman–Crippen MR) is 70.3 cm³/mol. The van der Waals surface area contributed by atoms with Crippen LogP contribution in [0.15, 0.2) is 0 Å². The molecule has 1 amide bonds. The first-order chi connectivity index (χ1) is 9.01. The van der Waals surface area contributed by atoms with E-state index in [1.807, 2.05) is 20.8 Å². The first kappa shape index (κ1) is 18.2. The third kappa shape index (κ3) is 9.15. The van der Waals surface area contributed by atoms with Gasteiger partial charge < -0.3 is 26.0 Å². The molecule has 0 saturated heterocycles. The monoisotopic (exact) mass is 290 g/mol. The number of carboxylic acid groups (broad SMARTS) is 2. The standard InChI is InChI=1S/C10H20N2O2.C2H2O4/c1-10(2,3)14-9(13)12-8-5-4-7(11)6-8;3-1(4)2(5)6/h7-8H,4-6,11H2,1-3H3,(H,12,13);(H,3,4)(H,5,6)/t7-,8-;/m0./s1. The lowest BCUT2D eigenvalue weighted by molar-refractivity contribution is -0.159. The predicted octanol–water partition coefficient (Wildman–Crippen LogP) is 0.547. The number of carbonyl (C=O) groups is 3. The van der Waals surface area contributed by atoms with Gasteiger partial charge in [-0.05, 0) is 40.0 Å². The summed E-state index contributed by atoms with van der Waals surface area (Å²) in [4.78, 5) is 29.5. The average molecular weight is 290 g/mol. The molecule has 1 fully saturated rings. The number of alkyl carbamates (subject to hydrolysis) is 1. The van der Waals surface area contributed by atoms with Crippen molar-refractivity contribution in [3.63, 3.8) is 0 Å². The number of rotatable bonds is 1. The average Bonchev–Trinajstić information content (AvgIpc) is 2.61. The second-order valence-corrected chi connectivity index (χ2v) is 5.53. The van der Waals surface area contributed by atoms with Gasteiger partial charge in [-0.25, -0.2) is 14.4 Å². The zero-order chi connectivity index (χ0) is 15.9.